The Bertz CT molecular complexity index is 379. The highest BCUT2D eigenvalue weighted by Crippen LogP contribution is 2.22. The Morgan fingerprint density at radius 2 is 1.65 bits per heavy atom. The molecule has 116 valence electrons. The van der Waals surface area contributed by atoms with Gasteiger partial charge in [-0.3, -0.25) is 0 Å². The summed E-state index contributed by atoms with van der Waals surface area (Å²) in [6.07, 6.45) is -9.84. The average Bonchev–Trinajstić information content (AvgIpc) is 2.27. The van der Waals surface area contributed by atoms with E-state index < -0.39 is 48.3 Å². The molecule has 0 aromatic heterocycles. The molecule has 9 nitrogen and oxygen atoms in total. The third-order valence-corrected chi connectivity index (χ3v) is 2.51. The fourth-order valence-corrected chi connectivity index (χ4v) is 1.59. The minimum Gasteiger partial charge on any atom is -0.479 e. The molecule has 5 atom stereocenters. The first-order valence-electron chi connectivity index (χ1n) is 5.94. The third-order valence-electron chi connectivity index (χ3n) is 2.51. The van der Waals surface area contributed by atoms with Crippen molar-refractivity contribution in [3.05, 3.63) is 0 Å². The predicted molar refractivity (Wildman–Crippen MR) is 63.7 cm³/mol. The highest BCUT2D eigenvalue weighted by atomic mass is 16.7. The summed E-state index contributed by atoms with van der Waals surface area (Å²) in [5, 5.41) is 39.8. The maximum atomic E-state index is 11.5. The van der Waals surface area contributed by atoms with Crippen LogP contribution >= 0.6 is 0 Å². The van der Waals surface area contributed by atoms with Crippen LogP contribution in [0, 0.1) is 0 Å². The van der Waals surface area contributed by atoms with E-state index in [0.29, 0.717) is 0 Å². The van der Waals surface area contributed by atoms with E-state index in [1.165, 1.54) is 0 Å². The highest BCUT2D eigenvalue weighted by Gasteiger charge is 2.48. The van der Waals surface area contributed by atoms with Gasteiger partial charge in [0.05, 0.1) is 0 Å². The Hall–Kier alpha value is -1.42. The minimum atomic E-state index is -1.83. The van der Waals surface area contributed by atoms with Crippen LogP contribution in [0.1, 0.15) is 20.8 Å². The zero-order valence-electron chi connectivity index (χ0n) is 11.3. The molecule has 0 saturated carbocycles. The molecule has 0 aromatic carbocycles. The van der Waals surface area contributed by atoms with Crippen LogP contribution in [-0.4, -0.2) is 68.7 Å². The van der Waals surface area contributed by atoms with Gasteiger partial charge >= 0.3 is 12.1 Å². The molecule has 1 aliphatic heterocycles. The van der Waals surface area contributed by atoms with Crippen molar-refractivity contribution in [1.82, 2.24) is 5.32 Å². The fraction of sp³-hybridized carbons (Fsp3) is 0.818. The second-order valence-electron chi connectivity index (χ2n) is 5.52. The average molecular weight is 293 g/mol. The van der Waals surface area contributed by atoms with E-state index in [0.717, 1.165) is 0 Å². The molecule has 0 unspecified atom stereocenters. The summed E-state index contributed by atoms with van der Waals surface area (Å²) in [6, 6.07) is 0. The number of alkyl carbamates (subject to hydrolysis) is 1. The molecule has 0 bridgehead atoms. The quantitative estimate of drug-likeness (QED) is 0.409. The summed E-state index contributed by atoms with van der Waals surface area (Å²) in [5.74, 6) is -1.55. The third kappa shape index (κ3) is 4.04. The first kappa shape index (κ1) is 16.6. The molecule has 5 N–H and O–H groups in total. The van der Waals surface area contributed by atoms with Crippen molar-refractivity contribution in [3.63, 3.8) is 0 Å². The lowest BCUT2D eigenvalue weighted by atomic mass is 9.99. The number of carboxylic acid groups (broad SMARTS) is 1. The fourth-order valence-electron chi connectivity index (χ4n) is 1.59. The standard InChI is InChI=1S/C11H19NO8/c1-11(2,3)12-10(18)20-9-6(15)4(13)5(14)7(19-9)8(16)17/h4-7,9,13-15H,1-3H3,(H,12,18)(H,16,17)/t4-,5-,6+,7-,9-/m0/s1. The molecule has 0 radical (unpaired) electrons. The summed E-state index contributed by atoms with van der Waals surface area (Å²) in [4.78, 5) is 22.4. The zero-order valence-corrected chi connectivity index (χ0v) is 11.3. The van der Waals surface area contributed by atoms with Gasteiger partial charge < -0.3 is 35.2 Å². The van der Waals surface area contributed by atoms with E-state index in [9.17, 15) is 24.9 Å². The number of nitrogens with one attached hydrogen (secondary N) is 1. The monoisotopic (exact) mass is 293 g/mol. The Morgan fingerprint density at radius 3 is 2.10 bits per heavy atom. The van der Waals surface area contributed by atoms with Crippen LogP contribution in [0.2, 0.25) is 0 Å². The van der Waals surface area contributed by atoms with Crippen LogP contribution in [0.15, 0.2) is 0 Å². The molecule has 20 heavy (non-hydrogen) atoms. The van der Waals surface area contributed by atoms with E-state index >= 15 is 0 Å². The summed E-state index contributed by atoms with van der Waals surface area (Å²) in [5.41, 5.74) is -0.610. The Morgan fingerprint density at radius 1 is 1.10 bits per heavy atom. The van der Waals surface area contributed by atoms with Gasteiger partial charge in [-0.05, 0) is 20.8 Å². The van der Waals surface area contributed by atoms with Crippen molar-refractivity contribution in [2.75, 3.05) is 0 Å². The highest BCUT2D eigenvalue weighted by molar-refractivity contribution is 5.73. The lowest BCUT2D eigenvalue weighted by molar-refractivity contribution is -0.278. The van der Waals surface area contributed by atoms with Crippen molar-refractivity contribution in [1.29, 1.82) is 0 Å². The number of aliphatic carboxylic acids is 1. The molecule has 9 heteroatoms. The number of rotatable bonds is 2. The lowest BCUT2D eigenvalue weighted by Crippen LogP contribution is -2.61. The van der Waals surface area contributed by atoms with E-state index in [1.54, 1.807) is 20.8 Å². The van der Waals surface area contributed by atoms with Crippen LogP contribution in [0.5, 0.6) is 0 Å². The van der Waals surface area contributed by atoms with E-state index in [-0.39, 0.29) is 0 Å². The summed E-state index contributed by atoms with van der Waals surface area (Å²) in [7, 11) is 0. The Labute approximate surface area is 115 Å². The minimum absolute atomic E-state index is 0.610. The summed E-state index contributed by atoms with van der Waals surface area (Å²) < 4.78 is 9.51. The number of hydrogen-bond acceptors (Lipinski definition) is 7. The number of carbonyl (C=O) groups is 2. The van der Waals surface area contributed by atoms with Crippen LogP contribution in [0.4, 0.5) is 4.79 Å². The van der Waals surface area contributed by atoms with Gasteiger partial charge in [0.15, 0.2) is 6.10 Å². The molecule has 0 spiro atoms. The van der Waals surface area contributed by atoms with Crippen LogP contribution in [0.25, 0.3) is 0 Å². The number of amides is 1. The second kappa shape index (κ2) is 5.92. The maximum absolute atomic E-state index is 11.5. The molecule has 1 saturated heterocycles. The largest absolute Gasteiger partial charge is 0.479 e. The molecule has 1 fully saturated rings. The number of hydrogen-bond donors (Lipinski definition) is 5. The van der Waals surface area contributed by atoms with Crippen LogP contribution < -0.4 is 5.32 Å². The van der Waals surface area contributed by atoms with Crippen molar-refractivity contribution in [2.45, 2.75) is 57.0 Å². The summed E-state index contributed by atoms with van der Waals surface area (Å²) in [6.45, 7) is 5.06. The summed E-state index contributed by atoms with van der Waals surface area (Å²) >= 11 is 0. The van der Waals surface area contributed by atoms with Crippen LogP contribution in [-0.2, 0) is 14.3 Å². The van der Waals surface area contributed by atoms with Gasteiger partial charge in [0, 0.05) is 5.54 Å². The molecular formula is C11H19NO8. The first-order chi connectivity index (χ1) is 9.03. The Kier molecular flexibility index (Phi) is 4.92. The maximum Gasteiger partial charge on any atom is 0.409 e. The van der Waals surface area contributed by atoms with Gasteiger partial charge in [0.25, 0.3) is 0 Å². The number of aliphatic hydroxyl groups is 3. The van der Waals surface area contributed by atoms with Gasteiger partial charge in [-0.1, -0.05) is 0 Å². The van der Waals surface area contributed by atoms with Crippen molar-refractivity contribution in [3.8, 4) is 0 Å². The van der Waals surface area contributed by atoms with Gasteiger partial charge in [-0.25, -0.2) is 9.59 Å². The molecule has 1 rings (SSSR count). The number of carbonyl (C=O) groups excluding carboxylic acids is 1. The Balaban J connectivity index is 2.74. The topological polar surface area (TPSA) is 146 Å². The van der Waals surface area contributed by atoms with Crippen molar-refractivity contribution in [2.24, 2.45) is 0 Å². The van der Waals surface area contributed by atoms with Crippen molar-refractivity contribution < 1.29 is 39.5 Å². The second-order valence-corrected chi connectivity index (χ2v) is 5.52. The molecular weight excluding hydrogens is 274 g/mol. The van der Waals surface area contributed by atoms with Crippen molar-refractivity contribution >= 4 is 12.1 Å². The van der Waals surface area contributed by atoms with E-state index in [4.69, 9.17) is 14.6 Å². The molecule has 0 aromatic rings. The predicted octanol–water partition coefficient (Wildman–Crippen LogP) is -1.60. The van der Waals surface area contributed by atoms with E-state index in [2.05, 4.69) is 5.32 Å². The molecule has 0 aliphatic carbocycles. The SMILES string of the molecule is CC(C)(C)NC(=O)O[C@@H]1O[C@H](C(=O)O)[C@@H](O)[C@H](O)[C@H]1O. The smallest absolute Gasteiger partial charge is 0.409 e. The molecule has 1 amide bonds. The van der Waals surface area contributed by atoms with Gasteiger partial charge in [-0.15, -0.1) is 0 Å². The number of carboxylic acids is 1. The molecule has 1 heterocycles. The van der Waals surface area contributed by atoms with Crippen LogP contribution in [0.3, 0.4) is 0 Å². The van der Waals surface area contributed by atoms with Gasteiger partial charge in [-0.2, -0.15) is 0 Å². The van der Waals surface area contributed by atoms with Gasteiger partial charge in [0.1, 0.15) is 18.3 Å². The normalized spacial score (nSPS) is 34.4. The number of ether oxygens (including phenoxy) is 2. The zero-order chi connectivity index (χ0) is 15.7. The van der Waals surface area contributed by atoms with Gasteiger partial charge in [0.2, 0.25) is 6.29 Å². The lowest BCUT2D eigenvalue weighted by Gasteiger charge is -2.38. The first-order valence-corrected chi connectivity index (χ1v) is 5.94. The van der Waals surface area contributed by atoms with E-state index in [1.807, 2.05) is 0 Å². The molecule has 1 aliphatic rings. The number of aliphatic hydroxyl groups excluding tert-OH is 3.